The van der Waals surface area contributed by atoms with Gasteiger partial charge < -0.3 is 9.73 Å². The van der Waals surface area contributed by atoms with Crippen molar-refractivity contribution in [3.8, 4) is 6.07 Å². The van der Waals surface area contributed by atoms with Crippen molar-refractivity contribution in [1.82, 2.24) is 4.98 Å². The van der Waals surface area contributed by atoms with Crippen molar-refractivity contribution in [3.63, 3.8) is 0 Å². The van der Waals surface area contributed by atoms with Crippen molar-refractivity contribution in [1.29, 1.82) is 5.26 Å². The summed E-state index contributed by atoms with van der Waals surface area (Å²) >= 11 is 0. The van der Waals surface area contributed by atoms with E-state index < -0.39 is 0 Å². The van der Waals surface area contributed by atoms with Crippen LogP contribution in [0.5, 0.6) is 0 Å². The number of aromatic nitrogens is 1. The van der Waals surface area contributed by atoms with Gasteiger partial charge in [-0.25, -0.2) is 4.98 Å². The Morgan fingerprint density at radius 3 is 3.07 bits per heavy atom. The van der Waals surface area contributed by atoms with E-state index in [9.17, 15) is 0 Å². The van der Waals surface area contributed by atoms with Gasteiger partial charge in [0.1, 0.15) is 17.6 Å². The van der Waals surface area contributed by atoms with Gasteiger partial charge in [0.25, 0.3) is 0 Å². The second-order valence-corrected chi connectivity index (χ2v) is 2.94. The highest BCUT2D eigenvalue weighted by molar-refractivity contribution is 5.51. The molecule has 0 saturated heterocycles. The van der Waals surface area contributed by atoms with E-state index in [0.29, 0.717) is 17.9 Å². The summed E-state index contributed by atoms with van der Waals surface area (Å²) in [6, 6.07) is 9.21. The predicted molar refractivity (Wildman–Crippen MR) is 55.0 cm³/mol. The fourth-order valence-electron chi connectivity index (χ4n) is 1.22. The zero-order valence-electron chi connectivity index (χ0n) is 7.97. The predicted octanol–water partition coefficient (Wildman–Crippen LogP) is 2.16. The Morgan fingerprint density at radius 1 is 1.40 bits per heavy atom. The van der Waals surface area contributed by atoms with Crippen LogP contribution in [0.15, 0.2) is 41.1 Å². The van der Waals surface area contributed by atoms with E-state index in [-0.39, 0.29) is 0 Å². The molecule has 0 amide bonds. The summed E-state index contributed by atoms with van der Waals surface area (Å²) in [4.78, 5) is 4.07. The number of hydrogen-bond acceptors (Lipinski definition) is 4. The van der Waals surface area contributed by atoms with Crippen LogP contribution in [-0.4, -0.2) is 4.98 Å². The van der Waals surface area contributed by atoms with Crippen molar-refractivity contribution in [2.45, 2.75) is 6.54 Å². The van der Waals surface area contributed by atoms with E-state index in [1.54, 1.807) is 24.6 Å². The minimum absolute atomic E-state index is 0.526. The fourth-order valence-corrected chi connectivity index (χ4v) is 1.22. The van der Waals surface area contributed by atoms with Crippen LogP contribution >= 0.6 is 0 Å². The van der Waals surface area contributed by atoms with Crippen molar-refractivity contribution in [2.24, 2.45) is 0 Å². The lowest BCUT2D eigenvalue weighted by atomic mass is 10.3. The van der Waals surface area contributed by atoms with Gasteiger partial charge in [0.15, 0.2) is 0 Å². The summed E-state index contributed by atoms with van der Waals surface area (Å²) in [6.07, 6.45) is 3.26. The number of pyridine rings is 1. The molecule has 0 radical (unpaired) electrons. The normalized spacial score (nSPS) is 9.53. The number of anilines is 1. The topological polar surface area (TPSA) is 61.9 Å². The molecule has 0 fully saturated rings. The molecule has 0 aliphatic heterocycles. The molecule has 0 saturated carbocycles. The van der Waals surface area contributed by atoms with E-state index >= 15 is 0 Å². The number of nitrogens with one attached hydrogen (secondary N) is 1. The Morgan fingerprint density at radius 2 is 2.33 bits per heavy atom. The maximum absolute atomic E-state index is 8.82. The Balaban J connectivity index is 2.08. The minimum Gasteiger partial charge on any atom is -0.467 e. The molecule has 74 valence electrons. The van der Waals surface area contributed by atoms with Gasteiger partial charge >= 0.3 is 0 Å². The lowest BCUT2D eigenvalue weighted by Crippen LogP contribution is -2.02. The lowest BCUT2D eigenvalue weighted by Gasteiger charge is -2.04. The summed E-state index contributed by atoms with van der Waals surface area (Å²) in [5.74, 6) is 1.39. The molecule has 0 aliphatic carbocycles. The maximum atomic E-state index is 8.82. The molecule has 15 heavy (non-hydrogen) atoms. The van der Waals surface area contributed by atoms with Gasteiger partial charge in [-0.1, -0.05) is 0 Å². The fraction of sp³-hybridized carbons (Fsp3) is 0.0909. The molecule has 0 spiro atoms. The van der Waals surface area contributed by atoms with Crippen molar-refractivity contribution in [2.75, 3.05) is 5.32 Å². The largest absolute Gasteiger partial charge is 0.467 e. The van der Waals surface area contributed by atoms with Gasteiger partial charge in [0.2, 0.25) is 0 Å². The number of furan rings is 1. The number of rotatable bonds is 3. The highest BCUT2D eigenvalue weighted by atomic mass is 16.3. The average molecular weight is 199 g/mol. The minimum atomic E-state index is 0.526. The molecule has 0 unspecified atom stereocenters. The molecule has 1 N–H and O–H groups in total. The van der Waals surface area contributed by atoms with Crippen LogP contribution in [0.2, 0.25) is 0 Å². The molecule has 2 rings (SSSR count). The van der Waals surface area contributed by atoms with Crippen LogP contribution in [0.4, 0.5) is 5.82 Å². The molecule has 0 aromatic carbocycles. The third kappa shape index (κ3) is 2.15. The first-order valence-electron chi connectivity index (χ1n) is 4.51. The Bertz CT molecular complexity index is 471. The van der Waals surface area contributed by atoms with Crippen LogP contribution in [0.1, 0.15) is 11.3 Å². The smallest absolute Gasteiger partial charge is 0.144 e. The van der Waals surface area contributed by atoms with E-state index in [2.05, 4.69) is 16.4 Å². The zero-order valence-corrected chi connectivity index (χ0v) is 7.97. The lowest BCUT2D eigenvalue weighted by molar-refractivity contribution is 0.518. The van der Waals surface area contributed by atoms with Gasteiger partial charge in [-0.05, 0) is 24.3 Å². The third-order valence-corrected chi connectivity index (χ3v) is 1.94. The van der Waals surface area contributed by atoms with Crippen molar-refractivity contribution < 1.29 is 4.42 Å². The van der Waals surface area contributed by atoms with Gasteiger partial charge in [-0.15, -0.1) is 0 Å². The monoisotopic (exact) mass is 199 g/mol. The molecule has 2 aromatic heterocycles. The number of nitrogens with zero attached hydrogens (tertiary/aromatic N) is 2. The molecule has 2 heterocycles. The quantitative estimate of drug-likeness (QED) is 0.822. The maximum Gasteiger partial charge on any atom is 0.144 e. The van der Waals surface area contributed by atoms with E-state index in [1.165, 1.54) is 0 Å². The molecule has 2 aromatic rings. The SMILES string of the molecule is N#Cc1cccnc1NCc1ccco1. The third-order valence-electron chi connectivity index (χ3n) is 1.94. The Hall–Kier alpha value is -2.28. The van der Waals surface area contributed by atoms with Crippen LogP contribution in [0.25, 0.3) is 0 Å². The van der Waals surface area contributed by atoms with Gasteiger partial charge in [-0.3, -0.25) is 0 Å². The van der Waals surface area contributed by atoms with Crippen molar-refractivity contribution in [3.05, 3.63) is 48.0 Å². The molecule has 4 heteroatoms. The Kier molecular flexibility index (Phi) is 2.65. The van der Waals surface area contributed by atoms with Gasteiger partial charge in [0, 0.05) is 6.20 Å². The number of hydrogen-bond donors (Lipinski definition) is 1. The average Bonchev–Trinajstić information content (AvgIpc) is 2.79. The highest BCUT2D eigenvalue weighted by Gasteiger charge is 2.02. The van der Waals surface area contributed by atoms with E-state index in [4.69, 9.17) is 9.68 Å². The summed E-state index contributed by atoms with van der Waals surface area (Å²) in [5.41, 5.74) is 0.532. The second kappa shape index (κ2) is 4.29. The molecule has 4 nitrogen and oxygen atoms in total. The van der Waals surface area contributed by atoms with Crippen LogP contribution in [0.3, 0.4) is 0 Å². The summed E-state index contributed by atoms with van der Waals surface area (Å²) in [6.45, 7) is 0.526. The first kappa shape index (κ1) is 9.28. The molecular weight excluding hydrogens is 190 g/mol. The molecule has 0 atom stereocenters. The van der Waals surface area contributed by atoms with Gasteiger partial charge in [0.05, 0.1) is 18.4 Å². The van der Waals surface area contributed by atoms with Crippen LogP contribution < -0.4 is 5.32 Å². The second-order valence-electron chi connectivity index (χ2n) is 2.94. The summed E-state index contributed by atoms with van der Waals surface area (Å²) < 4.78 is 5.16. The van der Waals surface area contributed by atoms with E-state index in [0.717, 1.165) is 5.76 Å². The highest BCUT2D eigenvalue weighted by Crippen LogP contribution is 2.11. The number of nitriles is 1. The van der Waals surface area contributed by atoms with Crippen LogP contribution in [0, 0.1) is 11.3 Å². The molecule has 0 aliphatic rings. The molecule has 0 bridgehead atoms. The Labute approximate surface area is 87.2 Å². The zero-order chi connectivity index (χ0) is 10.5. The van der Waals surface area contributed by atoms with Crippen molar-refractivity contribution >= 4 is 5.82 Å². The summed E-state index contributed by atoms with van der Waals surface area (Å²) in [5, 5.41) is 11.9. The standard InChI is InChI=1S/C11H9N3O/c12-7-9-3-1-5-13-11(9)14-8-10-4-2-6-15-10/h1-6H,8H2,(H,13,14). The van der Waals surface area contributed by atoms with Gasteiger partial charge in [-0.2, -0.15) is 5.26 Å². The van der Waals surface area contributed by atoms with E-state index in [1.807, 2.05) is 12.1 Å². The molecular formula is C11H9N3O. The van der Waals surface area contributed by atoms with Crippen LogP contribution in [-0.2, 0) is 6.54 Å². The first-order valence-corrected chi connectivity index (χ1v) is 4.51. The summed E-state index contributed by atoms with van der Waals surface area (Å²) in [7, 11) is 0. The first-order chi connectivity index (χ1) is 7.40.